The molecule has 0 amide bonds. The van der Waals surface area contributed by atoms with Gasteiger partial charge in [-0.3, -0.25) is 4.99 Å². The van der Waals surface area contributed by atoms with Gasteiger partial charge in [-0.2, -0.15) is 0 Å². The maximum absolute atomic E-state index is 6.04. The van der Waals surface area contributed by atoms with Crippen LogP contribution >= 0.6 is 0 Å². The van der Waals surface area contributed by atoms with Crippen molar-refractivity contribution in [3.8, 4) is 5.75 Å². The number of benzene rings is 2. The summed E-state index contributed by atoms with van der Waals surface area (Å²) >= 11 is 0. The van der Waals surface area contributed by atoms with Gasteiger partial charge in [0.2, 0.25) is 0 Å². The highest BCUT2D eigenvalue weighted by Gasteiger charge is 2.14. The van der Waals surface area contributed by atoms with Crippen molar-refractivity contribution in [2.24, 2.45) is 4.99 Å². The fourth-order valence-electron chi connectivity index (χ4n) is 3.48. The third-order valence-corrected chi connectivity index (χ3v) is 5.31. The van der Waals surface area contributed by atoms with Crippen LogP contribution in [0.1, 0.15) is 36.5 Å². The van der Waals surface area contributed by atoms with Gasteiger partial charge in [0, 0.05) is 26.8 Å². The largest absolute Gasteiger partial charge is 0.489 e. The summed E-state index contributed by atoms with van der Waals surface area (Å²) in [6.07, 6.45) is 2.29. The molecule has 31 heavy (non-hydrogen) atoms. The van der Waals surface area contributed by atoms with E-state index in [0.717, 1.165) is 43.3 Å². The molecule has 2 aromatic carbocycles. The van der Waals surface area contributed by atoms with Crippen molar-refractivity contribution in [3.05, 3.63) is 65.2 Å². The Morgan fingerprint density at radius 2 is 1.87 bits per heavy atom. The third-order valence-electron chi connectivity index (χ3n) is 5.31. The Labute approximate surface area is 186 Å². The highest BCUT2D eigenvalue weighted by Crippen LogP contribution is 2.17. The van der Waals surface area contributed by atoms with Crippen molar-refractivity contribution < 1.29 is 14.2 Å². The second-order valence-electron chi connectivity index (χ2n) is 7.94. The molecule has 1 unspecified atom stereocenters. The number of nitrogens with zero attached hydrogens (tertiary/aromatic N) is 1. The molecule has 0 radical (unpaired) electrons. The number of nitrogens with one attached hydrogen (secondary N) is 2. The van der Waals surface area contributed by atoms with Crippen LogP contribution in [0.2, 0.25) is 0 Å². The molecule has 3 rings (SSSR count). The number of para-hydroxylation sites is 1. The Morgan fingerprint density at radius 1 is 1.10 bits per heavy atom. The lowest BCUT2D eigenvalue weighted by Crippen LogP contribution is -2.41. The minimum Gasteiger partial charge on any atom is -0.489 e. The van der Waals surface area contributed by atoms with E-state index >= 15 is 0 Å². The molecule has 1 saturated heterocycles. The van der Waals surface area contributed by atoms with Gasteiger partial charge < -0.3 is 24.8 Å². The van der Waals surface area contributed by atoms with Crippen molar-refractivity contribution in [1.29, 1.82) is 0 Å². The van der Waals surface area contributed by atoms with Gasteiger partial charge in [-0.15, -0.1) is 0 Å². The topological polar surface area (TPSA) is 64.1 Å². The quantitative estimate of drug-likeness (QED) is 0.472. The molecular weight excluding hydrogens is 390 g/mol. The molecule has 6 heteroatoms. The fourth-order valence-corrected chi connectivity index (χ4v) is 3.48. The number of hydrogen-bond donors (Lipinski definition) is 2. The molecule has 0 aliphatic carbocycles. The SMILES string of the molecule is CN=C(NCc1cccc(COC2CCOCC2)c1)NCC(C)Oc1ccccc1C. The Kier molecular flexibility index (Phi) is 9.18. The number of guanidine groups is 1. The van der Waals surface area contributed by atoms with Crippen LogP contribution in [0.15, 0.2) is 53.5 Å². The van der Waals surface area contributed by atoms with Crippen LogP contribution in [0.25, 0.3) is 0 Å². The van der Waals surface area contributed by atoms with Crippen molar-refractivity contribution in [1.82, 2.24) is 10.6 Å². The van der Waals surface area contributed by atoms with Crippen LogP contribution < -0.4 is 15.4 Å². The van der Waals surface area contributed by atoms with Crippen LogP contribution in [-0.2, 0) is 22.6 Å². The lowest BCUT2D eigenvalue weighted by atomic mass is 10.1. The zero-order chi connectivity index (χ0) is 21.9. The van der Waals surface area contributed by atoms with E-state index in [4.69, 9.17) is 14.2 Å². The van der Waals surface area contributed by atoms with Crippen LogP contribution in [0, 0.1) is 6.92 Å². The predicted molar refractivity (Wildman–Crippen MR) is 125 cm³/mol. The Hall–Kier alpha value is -2.57. The minimum absolute atomic E-state index is 0.0188. The summed E-state index contributed by atoms with van der Waals surface area (Å²) in [7, 11) is 1.78. The van der Waals surface area contributed by atoms with Gasteiger partial charge >= 0.3 is 0 Å². The van der Waals surface area contributed by atoms with Crippen molar-refractivity contribution >= 4 is 5.96 Å². The molecule has 1 aliphatic heterocycles. The maximum atomic E-state index is 6.04. The summed E-state index contributed by atoms with van der Waals surface area (Å²) in [5, 5.41) is 6.71. The number of rotatable bonds is 9. The van der Waals surface area contributed by atoms with E-state index in [1.807, 2.05) is 18.2 Å². The summed E-state index contributed by atoms with van der Waals surface area (Å²) in [4.78, 5) is 4.32. The van der Waals surface area contributed by atoms with Gasteiger partial charge in [0.1, 0.15) is 11.9 Å². The average molecular weight is 426 g/mol. The molecule has 1 heterocycles. The van der Waals surface area contributed by atoms with Crippen LogP contribution in [0.3, 0.4) is 0 Å². The van der Waals surface area contributed by atoms with E-state index in [-0.39, 0.29) is 6.10 Å². The smallest absolute Gasteiger partial charge is 0.191 e. The molecule has 0 aromatic heterocycles. The Bertz CT molecular complexity index is 834. The van der Waals surface area contributed by atoms with E-state index in [2.05, 4.69) is 59.8 Å². The Balaban J connectivity index is 1.42. The van der Waals surface area contributed by atoms with E-state index < -0.39 is 0 Å². The first-order valence-electron chi connectivity index (χ1n) is 11.1. The molecule has 1 fully saturated rings. The van der Waals surface area contributed by atoms with Gasteiger partial charge in [-0.25, -0.2) is 0 Å². The highest BCUT2D eigenvalue weighted by atomic mass is 16.5. The highest BCUT2D eigenvalue weighted by molar-refractivity contribution is 5.79. The first-order valence-corrected chi connectivity index (χ1v) is 11.1. The molecule has 2 aromatic rings. The molecular formula is C25H35N3O3. The van der Waals surface area contributed by atoms with Gasteiger partial charge in [0.05, 0.1) is 19.3 Å². The number of hydrogen-bond acceptors (Lipinski definition) is 4. The number of aliphatic imine (C=N–C) groups is 1. The van der Waals surface area contributed by atoms with Gasteiger partial charge in [-0.1, -0.05) is 42.5 Å². The first kappa shape index (κ1) is 23.1. The van der Waals surface area contributed by atoms with E-state index in [1.54, 1.807) is 7.05 Å². The zero-order valence-electron chi connectivity index (χ0n) is 18.9. The zero-order valence-corrected chi connectivity index (χ0v) is 18.9. The standard InChI is InChI=1S/C25H35N3O3/c1-19-7-4-5-10-24(19)31-20(2)16-27-25(26-3)28-17-21-8-6-9-22(15-21)18-30-23-11-13-29-14-12-23/h4-10,15,20,23H,11-14,16-18H2,1-3H3,(H2,26,27,28). The number of aryl methyl sites for hydroxylation is 1. The van der Waals surface area contributed by atoms with Crippen molar-refractivity contribution in [2.45, 2.75) is 52.0 Å². The second-order valence-corrected chi connectivity index (χ2v) is 7.94. The summed E-state index contributed by atoms with van der Waals surface area (Å²) in [5.41, 5.74) is 3.52. The first-order chi connectivity index (χ1) is 15.1. The van der Waals surface area contributed by atoms with E-state index in [0.29, 0.717) is 25.8 Å². The second kappa shape index (κ2) is 12.3. The van der Waals surface area contributed by atoms with Crippen LogP contribution in [0.4, 0.5) is 0 Å². The van der Waals surface area contributed by atoms with E-state index in [9.17, 15) is 0 Å². The van der Waals surface area contributed by atoms with Crippen LogP contribution in [-0.4, -0.2) is 45.0 Å². The van der Waals surface area contributed by atoms with E-state index in [1.165, 1.54) is 11.1 Å². The minimum atomic E-state index is 0.0188. The fraction of sp³-hybridized carbons (Fsp3) is 0.480. The number of ether oxygens (including phenoxy) is 3. The normalized spacial score (nSPS) is 16.0. The summed E-state index contributed by atoms with van der Waals surface area (Å²) in [6.45, 7) is 7.70. The summed E-state index contributed by atoms with van der Waals surface area (Å²) in [6, 6.07) is 16.5. The summed E-state index contributed by atoms with van der Waals surface area (Å²) in [5.74, 6) is 1.67. The molecule has 168 valence electrons. The predicted octanol–water partition coefficient (Wildman–Crippen LogP) is 3.82. The molecule has 1 atom stereocenters. The van der Waals surface area contributed by atoms with Gasteiger partial charge in [0.25, 0.3) is 0 Å². The van der Waals surface area contributed by atoms with Gasteiger partial charge in [-0.05, 0) is 49.4 Å². The molecule has 0 spiro atoms. The molecule has 0 saturated carbocycles. The Morgan fingerprint density at radius 3 is 2.65 bits per heavy atom. The van der Waals surface area contributed by atoms with Gasteiger partial charge in [0.15, 0.2) is 5.96 Å². The molecule has 6 nitrogen and oxygen atoms in total. The monoisotopic (exact) mass is 425 g/mol. The van der Waals surface area contributed by atoms with Crippen molar-refractivity contribution in [2.75, 3.05) is 26.8 Å². The van der Waals surface area contributed by atoms with Crippen molar-refractivity contribution in [3.63, 3.8) is 0 Å². The molecule has 0 bridgehead atoms. The maximum Gasteiger partial charge on any atom is 0.191 e. The molecule has 1 aliphatic rings. The van der Waals surface area contributed by atoms with Crippen LogP contribution in [0.5, 0.6) is 5.75 Å². The molecule has 2 N–H and O–H groups in total. The lowest BCUT2D eigenvalue weighted by molar-refractivity contribution is -0.0390. The average Bonchev–Trinajstić information content (AvgIpc) is 2.80. The summed E-state index contributed by atoms with van der Waals surface area (Å²) < 4.78 is 17.5. The third kappa shape index (κ3) is 7.89. The lowest BCUT2D eigenvalue weighted by Gasteiger charge is -2.22.